The Kier molecular flexibility index (Phi) is 5.54. The third kappa shape index (κ3) is 3.80. The van der Waals surface area contributed by atoms with Crippen molar-refractivity contribution in [1.82, 2.24) is 0 Å². The van der Waals surface area contributed by atoms with Crippen molar-refractivity contribution >= 4 is 0 Å². The number of benzene rings is 2. The topological polar surface area (TPSA) is 29.5 Å². The van der Waals surface area contributed by atoms with Gasteiger partial charge in [-0.25, -0.2) is 0 Å². The van der Waals surface area contributed by atoms with Gasteiger partial charge in [-0.15, -0.1) is 6.58 Å². The predicted octanol–water partition coefficient (Wildman–Crippen LogP) is 4.05. The first-order chi connectivity index (χ1) is 9.83. The minimum absolute atomic E-state index is 0.362. The van der Waals surface area contributed by atoms with Crippen LogP contribution >= 0.6 is 0 Å². The number of aliphatic hydroxyl groups excluding tert-OH is 1. The zero-order valence-electron chi connectivity index (χ0n) is 11.5. The second kappa shape index (κ2) is 7.63. The first-order valence-electron chi connectivity index (χ1n) is 6.83. The van der Waals surface area contributed by atoms with E-state index in [0.29, 0.717) is 6.61 Å². The Hall–Kier alpha value is -1.90. The van der Waals surface area contributed by atoms with E-state index in [1.54, 1.807) is 0 Å². The summed E-state index contributed by atoms with van der Waals surface area (Å²) in [7, 11) is 0. The summed E-state index contributed by atoms with van der Waals surface area (Å²) < 4.78 is 5.86. The number of ether oxygens (including phenoxy) is 1. The van der Waals surface area contributed by atoms with Crippen LogP contribution in [-0.2, 0) is 4.74 Å². The van der Waals surface area contributed by atoms with Gasteiger partial charge < -0.3 is 9.84 Å². The lowest BCUT2D eigenvalue weighted by Crippen LogP contribution is -2.15. The van der Waals surface area contributed by atoms with Gasteiger partial charge in [0.25, 0.3) is 0 Å². The number of hydrogen-bond donors (Lipinski definition) is 1. The van der Waals surface area contributed by atoms with Gasteiger partial charge in [0.05, 0.1) is 6.61 Å². The van der Waals surface area contributed by atoms with Crippen molar-refractivity contribution in [3.05, 3.63) is 84.4 Å². The van der Waals surface area contributed by atoms with Crippen LogP contribution in [-0.4, -0.2) is 11.7 Å². The van der Waals surface area contributed by atoms with E-state index in [0.717, 1.165) is 17.5 Å². The highest BCUT2D eigenvalue weighted by molar-refractivity contribution is 5.25. The standard InChI is InChI=1S/C18H20O2/c1-2-3-14-20-18(16-12-8-5-9-13-16)17(19)15-10-6-4-7-11-15/h2,4-13,17-19H,1,3,14H2/t17-,18+/m0/s1. The van der Waals surface area contributed by atoms with Gasteiger partial charge in [-0.2, -0.15) is 0 Å². The molecule has 0 bridgehead atoms. The van der Waals surface area contributed by atoms with Gasteiger partial charge in [-0.3, -0.25) is 0 Å². The highest BCUT2D eigenvalue weighted by Crippen LogP contribution is 2.31. The van der Waals surface area contributed by atoms with E-state index in [1.165, 1.54) is 0 Å². The van der Waals surface area contributed by atoms with Gasteiger partial charge in [0.15, 0.2) is 0 Å². The maximum atomic E-state index is 10.6. The van der Waals surface area contributed by atoms with Crippen molar-refractivity contribution in [3.8, 4) is 0 Å². The number of aliphatic hydroxyl groups is 1. The monoisotopic (exact) mass is 268 g/mol. The molecule has 0 unspecified atom stereocenters. The third-order valence-electron chi connectivity index (χ3n) is 3.18. The van der Waals surface area contributed by atoms with Crippen molar-refractivity contribution < 1.29 is 9.84 Å². The molecule has 0 aliphatic carbocycles. The lowest BCUT2D eigenvalue weighted by Gasteiger charge is -2.24. The average molecular weight is 268 g/mol. The summed E-state index contributed by atoms with van der Waals surface area (Å²) in [6, 6.07) is 19.4. The molecule has 2 heteroatoms. The summed E-state index contributed by atoms with van der Waals surface area (Å²) in [4.78, 5) is 0. The van der Waals surface area contributed by atoms with E-state index in [4.69, 9.17) is 4.74 Å². The molecule has 2 rings (SSSR count). The average Bonchev–Trinajstić information content (AvgIpc) is 2.53. The second-order valence-electron chi connectivity index (χ2n) is 4.63. The van der Waals surface area contributed by atoms with Crippen LogP contribution in [0.25, 0.3) is 0 Å². The van der Waals surface area contributed by atoms with E-state index in [2.05, 4.69) is 6.58 Å². The highest BCUT2D eigenvalue weighted by Gasteiger charge is 2.23. The molecular formula is C18H20O2. The largest absolute Gasteiger partial charge is 0.385 e. The predicted molar refractivity (Wildman–Crippen MR) is 81.4 cm³/mol. The summed E-state index contributed by atoms with van der Waals surface area (Å²) in [6.45, 7) is 4.24. The van der Waals surface area contributed by atoms with Crippen LogP contribution in [0.4, 0.5) is 0 Å². The fourth-order valence-electron chi connectivity index (χ4n) is 2.12. The lowest BCUT2D eigenvalue weighted by atomic mass is 9.98. The molecule has 2 aromatic carbocycles. The molecule has 2 nitrogen and oxygen atoms in total. The molecule has 0 saturated heterocycles. The van der Waals surface area contributed by atoms with E-state index in [9.17, 15) is 5.11 Å². The Morgan fingerprint density at radius 3 is 2.05 bits per heavy atom. The molecule has 0 radical (unpaired) electrons. The SMILES string of the molecule is C=CCCO[C@H](c1ccccc1)[C@@H](O)c1ccccc1. The molecule has 104 valence electrons. The van der Waals surface area contributed by atoms with Crippen molar-refractivity contribution in [2.24, 2.45) is 0 Å². The Morgan fingerprint density at radius 2 is 1.50 bits per heavy atom. The van der Waals surface area contributed by atoms with Gasteiger partial charge in [0, 0.05) is 0 Å². The number of rotatable bonds is 7. The summed E-state index contributed by atoms with van der Waals surface area (Å²) in [5.74, 6) is 0. The van der Waals surface area contributed by atoms with Crippen LogP contribution in [0.5, 0.6) is 0 Å². The lowest BCUT2D eigenvalue weighted by molar-refractivity contribution is -0.0395. The zero-order valence-corrected chi connectivity index (χ0v) is 11.5. The highest BCUT2D eigenvalue weighted by atomic mass is 16.5. The fourth-order valence-corrected chi connectivity index (χ4v) is 2.12. The van der Waals surface area contributed by atoms with Crippen LogP contribution in [0.1, 0.15) is 29.8 Å². The minimum atomic E-state index is -0.677. The van der Waals surface area contributed by atoms with E-state index in [1.807, 2.05) is 66.7 Å². The molecule has 0 spiro atoms. The van der Waals surface area contributed by atoms with E-state index < -0.39 is 6.10 Å². The first kappa shape index (κ1) is 14.5. The second-order valence-corrected chi connectivity index (χ2v) is 4.63. The van der Waals surface area contributed by atoms with Crippen LogP contribution in [0, 0.1) is 0 Å². The van der Waals surface area contributed by atoms with E-state index >= 15 is 0 Å². The Balaban J connectivity index is 2.19. The van der Waals surface area contributed by atoms with Crippen molar-refractivity contribution in [3.63, 3.8) is 0 Å². The van der Waals surface area contributed by atoms with Gasteiger partial charge in [-0.05, 0) is 17.5 Å². The van der Waals surface area contributed by atoms with Gasteiger partial charge >= 0.3 is 0 Å². The minimum Gasteiger partial charge on any atom is -0.385 e. The molecule has 0 fully saturated rings. The zero-order chi connectivity index (χ0) is 14.2. The normalized spacial score (nSPS) is 13.7. The van der Waals surface area contributed by atoms with Gasteiger partial charge in [-0.1, -0.05) is 66.7 Å². The molecule has 0 aliphatic heterocycles. The van der Waals surface area contributed by atoms with Crippen LogP contribution in [0.2, 0.25) is 0 Å². The summed E-state index contributed by atoms with van der Waals surface area (Å²) >= 11 is 0. The van der Waals surface area contributed by atoms with Crippen LogP contribution in [0.15, 0.2) is 73.3 Å². The van der Waals surface area contributed by atoms with E-state index in [-0.39, 0.29) is 6.10 Å². The fraction of sp³-hybridized carbons (Fsp3) is 0.222. The maximum absolute atomic E-state index is 10.6. The molecule has 0 saturated carbocycles. The molecule has 20 heavy (non-hydrogen) atoms. The van der Waals surface area contributed by atoms with Crippen LogP contribution in [0.3, 0.4) is 0 Å². The smallest absolute Gasteiger partial charge is 0.113 e. The molecule has 0 aromatic heterocycles. The van der Waals surface area contributed by atoms with Crippen LogP contribution < -0.4 is 0 Å². The molecular weight excluding hydrogens is 248 g/mol. The maximum Gasteiger partial charge on any atom is 0.113 e. The summed E-state index contributed by atoms with van der Waals surface area (Å²) in [5.41, 5.74) is 1.84. The quantitative estimate of drug-likeness (QED) is 0.606. The summed E-state index contributed by atoms with van der Waals surface area (Å²) in [6.07, 6.45) is 1.55. The number of hydrogen-bond acceptors (Lipinski definition) is 2. The van der Waals surface area contributed by atoms with Gasteiger partial charge in [0.1, 0.15) is 12.2 Å². The van der Waals surface area contributed by atoms with Gasteiger partial charge in [0.2, 0.25) is 0 Å². The molecule has 1 N–H and O–H groups in total. The molecule has 0 aliphatic rings. The summed E-state index contributed by atoms with van der Waals surface area (Å²) in [5, 5.41) is 10.6. The third-order valence-corrected chi connectivity index (χ3v) is 3.18. The molecule has 0 heterocycles. The Bertz CT molecular complexity index is 507. The van der Waals surface area contributed by atoms with Crippen molar-refractivity contribution in [1.29, 1.82) is 0 Å². The van der Waals surface area contributed by atoms with Crippen molar-refractivity contribution in [2.75, 3.05) is 6.61 Å². The molecule has 2 aromatic rings. The Morgan fingerprint density at radius 1 is 0.950 bits per heavy atom. The molecule has 0 amide bonds. The van der Waals surface area contributed by atoms with Crippen molar-refractivity contribution in [2.45, 2.75) is 18.6 Å². The first-order valence-corrected chi connectivity index (χ1v) is 6.83. The molecule has 2 atom stereocenters. The Labute approximate surface area is 120 Å².